The van der Waals surface area contributed by atoms with Crippen LogP contribution >= 0.6 is 0 Å². The summed E-state index contributed by atoms with van der Waals surface area (Å²) in [5.41, 5.74) is -0.306. The summed E-state index contributed by atoms with van der Waals surface area (Å²) in [5.74, 6) is -0.107. The molecule has 1 fully saturated rings. The molecule has 0 radical (unpaired) electrons. The van der Waals surface area contributed by atoms with Gasteiger partial charge in [0.15, 0.2) is 0 Å². The Bertz CT molecular complexity index is 599. The number of carbonyl (C=O) groups excluding carboxylic acids is 2. The first kappa shape index (κ1) is 18.3. The molecule has 0 aliphatic heterocycles. The van der Waals surface area contributed by atoms with Crippen LogP contribution in [0.15, 0.2) is 12.5 Å². The normalized spacial score (nSPS) is 16.2. The maximum atomic E-state index is 12.7. The van der Waals surface area contributed by atoms with E-state index in [9.17, 15) is 9.59 Å². The number of carbonyl (C=O) groups is 2. The van der Waals surface area contributed by atoms with E-state index in [2.05, 4.69) is 10.3 Å². The molecule has 2 amide bonds. The van der Waals surface area contributed by atoms with Gasteiger partial charge in [-0.15, -0.1) is 0 Å². The van der Waals surface area contributed by atoms with Crippen LogP contribution in [0, 0.1) is 0 Å². The summed E-state index contributed by atoms with van der Waals surface area (Å²) in [6, 6.07) is 0. The average molecular weight is 336 g/mol. The standard InChI is InChI=1S/C17H28N4O3/c1-16(2,3)24-15(23)21(5)17(8-6-9-17)14(22)19-10-7-13-11-18-12-20(13)4/h11-12H,6-10H2,1-5H3,(H,19,22). The molecule has 2 rings (SSSR count). The van der Waals surface area contributed by atoms with Crippen molar-refractivity contribution >= 4 is 12.0 Å². The lowest BCUT2D eigenvalue weighted by molar-refractivity contribution is -0.138. The molecule has 0 atom stereocenters. The molecule has 1 saturated carbocycles. The third kappa shape index (κ3) is 3.88. The van der Waals surface area contributed by atoms with E-state index < -0.39 is 17.2 Å². The Morgan fingerprint density at radius 1 is 1.42 bits per heavy atom. The summed E-state index contributed by atoms with van der Waals surface area (Å²) in [6.07, 6.45) is 6.04. The van der Waals surface area contributed by atoms with Crippen LogP contribution in [-0.2, 0) is 23.0 Å². The van der Waals surface area contributed by atoms with Crippen molar-refractivity contribution in [3.05, 3.63) is 18.2 Å². The lowest BCUT2D eigenvalue weighted by Crippen LogP contribution is -2.63. The first-order valence-electron chi connectivity index (χ1n) is 8.36. The van der Waals surface area contributed by atoms with Crippen molar-refractivity contribution in [1.82, 2.24) is 19.8 Å². The number of hydrogen-bond donors (Lipinski definition) is 1. The monoisotopic (exact) mass is 336 g/mol. The zero-order valence-corrected chi connectivity index (χ0v) is 15.3. The van der Waals surface area contributed by atoms with E-state index in [1.165, 1.54) is 4.90 Å². The van der Waals surface area contributed by atoms with Crippen molar-refractivity contribution in [2.24, 2.45) is 7.05 Å². The smallest absolute Gasteiger partial charge is 0.410 e. The fourth-order valence-electron chi connectivity index (χ4n) is 2.83. The highest BCUT2D eigenvalue weighted by atomic mass is 16.6. The van der Waals surface area contributed by atoms with Crippen LogP contribution < -0.4 is 5.32 Å². The molecule has 1 aliphatic rings. The van der Waals surface area contributed by atoms with Crippen molar-refractivity contribution in [3.8, 4) is 0 Å². The number of ether oxygens (including phenoxy) is 1. The second-order valence-electron chi connectivity index (χ2n) is 7.43. The number of amides is 2. The number of nitrogens with zero attached hydrogens (tertiary/aromatic N) is 3. The number of likely N-dealkylation sites (N-methyl/N-ethyl adjacent to an activating group) is 1. The van der Waals surface area contributed by atoms with E-state index in [0.29, 0.717) is 25.8 Å². The van der Waals surface area contributed by atoms with Crippen molar-refractivity contribution in [2.45, 2.75) is 57.6 Å². The molecule has 0 saturated heterocycles. The van der Waals surface area contributed by atoms with Gasteiger partial charge < -0.3 is 14.6 Å². The number of aromatic nitrogens is 2. The highest BCUT2D eigenvalue weighted by Gasteiger charge is 2.50. The molecule has 7 nitrogen and oxygen atoms in total. The highest BCUT2D eigenvalue weighted by molar-refractivity contribution is 5.90. The molecule has 134 valence electrons. The molecule has 0 bridgehead atoms. The first-order chi connectivity index (χ1) is 11.2. The van der Waals surface area contributed by atoms with Crippen molar-refractivity contribution in [1.29, 1.82) is 0 Å². The molecule has 1 aromatic rings. The summed E-state index contributed by atoms with van der Waals surface area (Å²) < 4.78 is 7.33. The van der Waals surface area contributed by atoms with Crippen LogP contribution in [0.4, 0.5) is 4.79 Å². The Morgan fingerprint density at radius 3 is 2.54 bits per heavy atom. The van der Waals surface area contributed by atoms with Crippen molar-refractivity contribution in [2.75, 3.05) is 13.6 Å². The van der Waals surface area contributed by atoms with Crippen LogP contribution in [0.5, 0.6) is 0 Å². The molecule has 1 N–H and O–H groups in total. The third-order valence-corrected chi connectivity index (χ3v) is 4.50. The third-order valence-electron chi connectivity index (χ3n) is 4.50. The fraction of sp³-hybridized carbons (Fsp3) is 0.706. The van der Waals surface area contributed by atoms with E-state index in [0.717, 1.165) is 12.1 Å². The fourth-order valence-corrected chi connectivity index (χ4v) is 2.83. The quantitative estimate of drug-likeness (QED) is 0.890. The number of hydrogen-bond acceptors (Lipinski definition) is 4. The summed E-state index contributed by atoms with van der Waals surface area (Å²) >= 11 is 0. The Labute approximate surface area is 143 Å². The Morgan fingerprint density at radius 2 is 2.08 bits per heavy atom. The lowest BCUT2D eigenvalue weighted by atomic mass is 9.75. The van der Waals surface area contributed by atoms with Gasteiger partial charge in [-0.3, -0.25) is 9.69 Å². The van der Waals surface area contributed by atoms with E-state index >= 15 is 0 Å². The summed E-state index contributed by atoms with van der Waals surface area (Å²) in [4.78, 5) is 30.5. The topological polar surface area (TPSA) is 76.5 Å². The second kappa shape index (κ2) is 6.83. The minimum absolute atomic E-state index is 0.107. The van der Waals surface area contributed by atoms with E-state index in [1.54, 1.807) is 19.6 Å². The van der Waals surface area contributed by atoms with Gasteiger partial charge in [-0.2, -0.15) is 0 Å². The number of rotatable bonds is 5. The van der Waals surface area contributed by atoms with Crippen LogP contribution in [-0.4, -0.2) is 51.2 Å². The average Bonchev–Trinajstić information content (AvgIpc) is 2.81. The Balaban J connectivity index is 1.94. The van der Waals surface area contributed by atoms with Crippen molar-refractivity contribution < 1.29 is 14.3 Å². The van der Waals surface area contributed by atoms with Crippen LogP contribution in [0.1, 0.15) is 45.7 Å². The molecule has 1 aromatic heterocycles. The zero-order chi connectivity index (χ0) is 18.0. The van der Waals surface area contributed by atoms with Crippen LogP contribution in [0.3, 0.4) is 0 Å². The molecule has 0 spiro atoms. The molecule has 7 heteroatoms. The summed E-state index contributed by atoms with van der Waals surface area (Å²) in [6.45, 7) is 5.97. The van der Waals surface area contributed by atoms with Gasteiger partial charge in [0.2, 0.25) is 5.91 Å². The molecule has 1 aliphatic carbocycles. The molecule has 0 unspecified atom stereocenters. The van der Waals surface area contributed by atoms with Gasteiger partial charge in [0.1, 0.15) is 11.1 Å². The van der Waals surface area contributed by atoms with Gasteiger partial charge in [-0.1, -0.05) is 0 Å². The minimum Gasteiger partial charge on any atom is -0.444 e. The minimum atomic E-state index is -0.783. The second-order valence-corrected chi connectivity index (χ2v) is 7.43. The lowest BCUT2D eigenvalue weighted by Gasteiger charge is -2.46. The number of nitrogens with one attached hydrogen (secondary N) is 1. The Kier molecular flexibility index (Phi) is 5.20. The van der Waals surface area contributed by atoms with Gasteiger partial charge >= 0.3 is 6.09 Å². The van der Waals surface area contributed by atoms with Gasteiger partial charge in [-0.05, 0) is 40.0 Å². The maximum Gasteiger partial charge on any atom is 0.410 e. The predicted molar refractivity (Wildman–Crippen MR) is 90.5 cm³/mol. The first-order valence-corrected chi connectivity index (χ1v) is 8.36. The van der Waals surface area contributed by atoms with Crippen molar-refractivity contribution in [3.63, 3.8) is 0 Å². The Hall–Kier alpha value is -2.05. The summed E-state index contributed by atoms with van der Waals surface area (Å²) in [5, 5.41) is 2.96. The van der Waals surface area contributed by atoms with Gasteiger partial charge in [0.05, 0.1) is 6.33 Å². The summed E-state index contributed by atoms with van der Waals surface area (Å²) in [7, 11) is 3.57. The number of imidazole rings is 1. The zero-order valence-electron chi connectivity index (χ0n) is 15.3. The molecule has 0 aromatic carbocycles. The number of aryl methyl sites for hydroxylation is 1. The van der Waals surface area contributed by atoms with Gasteiger partial charge in [0.25, 0.3) is 0 Å². The maximum absolute atomic E-state index is 12.7. The van der Waals surface area contributed by atoms with E-state index in [-0.39, 0.29) is 5.91 Å². The van der Waals surface area contributed by atoms with E-state index in [1.807, 2.05) is 32.4 Å². The van der Waals surface area contributed by atoms with E-state index in [4.69, 9.17) is 4.74 Å². The molecule has 1 heterocycles. The molecule has 24 heavy (non-hydrogen) atoms. The largest absolute Gasteiger partial charge is 0.444 e. The van der Waals surface area contributed by atoms with Gasteiger partial charge in [-0.25, -0.2) is 9.78 Å². The molecular formula is C17H28N4O3. The highest BCUT2D eigenvalue weighted by Crippen LogP contribution is 2.38. The molecular weight excluding hydrogens is 308 g/mol. The predicted octanol–water partition coefficient (Wildman–Crippen LogP) is 1.87. The van der Waals surface area contributed by atoms with Crippen LogP contribution in [0.2, 0.25) is 0 Å². The van der Waals surface area contributed by atoms with Crippen LogP contribution in [0.25, 0.3) is 0 Å². The van der Waals surface area contributed by atoms with Gasteiger partial charge in [0, 0.05) is 39.0 Å². The SMILES string of the molecule is CN(C(=O)OC(C)(C)C)C1(C(=O)NCCc2cncn2C)CCC1.